The van der Waals surface area contributed by atoms with Crippen molar-refractivity contribution in [2.75, 3.05) is 25.4 Å². The molecule has 0 aliphatic carbocycles. The lowest BCUT2D eigenvalue weighted by atomic mass is 10.1. The summed E-state index contributed by atoms with van der Waals surface area (Å²) in [4.78, 5) is 29.6. The first kappa shape index (κ1) is 29.9. The molecule has 0 spiro atoms. The van der Waals surface area contributed by atoms with Crippen molar-refractivity contribution >= 4 is 23.6 Å². The Kier molecular flexibility index (Phi) is 11.3. The second-order valence-corrected chi connectivity index (χ2v) is 11.7. The molecule has 1 saturated heterocycles. The quantitative estimate of drug-likeness (QED) is 0.163. The molecule has 1 aliphatic rings. The van der Waals surface area contributed by atoms with Crippen LogP contribution in [0.2, 0.25) is 0 Å². The number of carbonyl (C=O) groups is 2. The van der Waals surface area contributed by atoms with Crippen molar-refractivity contribution < 1.29 is 14.0 Å². The lowest BCUT2D eigenvalue weighted by molar-refractivity contribution is -0.142. The summed E-state index contributed by atoms with van der Waals surface area (Å²) in [5.74, 6) is 2.47. The predicted molar refractivity (Wildman–Crippen MR) is 160 cm³/mol. The van der Waals surface area contributed by atoms with Crippen molar-refractivity contribution in [1.29, 1.82) is 0 Å². The van der Waals surface area contributed by atoms with Crippen LogP contribution in [0.15, 0.2) is 52.2 Å². The molecule has 1 fully saturated rings. The van der Waals surface area contributed by atoms with E-state index in [0.29, 0.717) is 44.1 Å². The van der Waals surface area contributed by atoms with Gasteiger partial charge in [0.25, 0.3) is 0 Å². The first-order valence-electron chi connectivity index (χ1n) is 14.7. The molecule has 9 heteroatoms. The molecule has 1 unspecified atom stereocenters. The van der Waals surface area contributed by atoms with Crippen molar-refractivity contribution in [2.45, 2.75) is 89.8 Å². The summed E-state index contributed by atoms with van der Waals surface area (Å²) in [5, 5.41) is 9.65. The van der Waals surface area contributed by atoms with Crippen molar-refractivity contribution in [3.63, 3.8) is 0 Å². The van der Waals surface area contributed by atoms with Crippen LogP contribution in [-0.4, -0.2) is 67.8 Å². The van der Waals surface area contributed by atoms with E-state index in [2.05, 4.69) is 43.1 Å². The highest BCUT2D eigenvalue weighted by atomic mass is 32.2. The van der Waals surface area contributed by atoms with Gasteiger partial charge in [-0.1, -0.05) is 69.0 Å². The van der Waals surface area contributed by atoms with Crippen LogP contribution in [0.5, 0.6) is 0 Å². The first-order chi connectivity index (χ1) is 19.5. The van der Waals surface area contributed by atoms with E-state index in [-0.39, 0.29) is 17.9 Å². The molecule has 3 aromatic rings. The van der Waals surface area contributed by atoms with Crippen molar-refractivity contribution in [3.05, 3.63) is 48.2 Å². The van der Waals surface area contributed by atoms with Crippen LogP contribution in [-0.2, 0) is 9.59 Å². The number of rotatable bonds is 14. The van der Waals surface area contributed by atoms with E-state index in [4.69, 9.17) is 4.42 Å². The van der Waals surface area contributed by atoms with Crippen molar-refractivity contribution in [2.24, 2.45) is 0 Å². The van der Waals surface area contributed by atoms with Crippen LogP contribution in [0.25, 0.3) is 17.3 Å². The summed E-state index contributed by atoms with van der Waals surface area (Å²) in [6.45, 7) is 8.20. The van der Waals surface area contributed by atoms with Crippen LogP contribution < -0.4 is 0 Å². The molecule has 8 nitrogen and oxygen atoms in total. The molecule has 1 aromatic carbocycles. The van der Waals surface area contributed by atoms with E-state index in [9.17, 15) is 9.59 Å². The highest BCUT2D eigenvalue weighted by Crippen LogP contribution is 2.30. The molecule has 0 bridgehead atoms. The summed E-state index contributed by atoms with van der Waals surface area (Å²) in [6, 6.07) is 11.9. The number of benzene rings is 1. The lowest BCUT2D eigenvalue weighted by Crippen LogP contribution is -2.55. The van der Waals surface area contributed by atoms with Crippen LogP contribution in [0.4, 0.5) is 0 Å². The number of nitrogens with zero attached hydrogens (tertiary/aromatic N) is 5. The van der Waals surface area contributed by atoms with Gasteiger partial charge in [-0.3, -0.25) is 14.2 Å². The number of carbonyl (C=O) groups excluding carboxylic acids is 2. The number of aromatic nitrogens is 3. The highest BCUT2D eigenvalue weighted by molar-refractivity contribution is 7.99. The fourth-order valence-corrected chi connectivity index (χ4v) is 6.14. The summed E-state index contributed by atoms with van der Waals surface area (Å²) >= 11 is 1.60. The monoisotopic (exact) mass is 565 g/mol. The number of hydrogen-bond acceptors (Lipinski definition) is 6. The Labute approximate surface area is 242 Å². The molecule has 40 heavy (non-hydrogen) atoms. The molecule has 1 atom stereocenters. The molecule has 2 aromatic heterocycles. The van der Waals surface area contributed by atoms with Crippen molar-refractivity contribution in [3.8, 4) is 17.3 Å². The van der Waals surface area contributed by atoms with E-state index in [1.54, 1.807) is 18.0 Å². The lowest BCUT2D eigenvalue weighted by Gasteiger charge is -2.40. The van der Waals surface area contributed by atoms with Crippen LogP contribution >= 0.6 is 11.8 Å². The molecular formula is C31H43N5O3S. The maximum atomic E-state index is 13.0. The zero-order valence-electron chi connectivity index (χ0n) is 24.2. The third kappa shape index (κ3) is 7.77. The van der Waals surface area contributed by atoms with Gasteiger partial charge in [0.1, 0.15) is 0 Å². The van der Waals surface area contributed by atoms with Gasteiger partial charge in [-0.2, -0.15) is 0 Å². The second-order valence-electron chi connectivity index (χ2n) is 10.7. The molecular weight excluding hydrogens is 522 g/mol. The van der Waals surface area contributed by atoms with E-state index in [0.717, 1.165) is 41.4 Å². The number of para-hydroxylation sites is 1. The van der Waals surface area contributed by atoms with Gasteiger partial charge in [0.2, 0.25) is 17.6 Å². The number of piperazine rings is 1. The van der Waals surface area contributed by atoms with Gasteiger partial charge in [0.05, 0.1) is 12.0 Å². The van der Waals surface area contributed by atoms with Gasteiger partial charge < -0.3 is 14.2 Å². The molecule has 0 N–H and O–H groups in total. The average molecular weight is 566 g/mol. The third-order valence-electron chi connectivity index (χ3n) is 7.54. The normalized spacial score (nSPS) is 15.5. The number of furan rings is 1. The van der Waals surface area contributed by atoms with E-state index in [1.165, 1.54) is 25.7 Å². The fraction of sp³-hybridized carbons (Fsp3) is 0.548. The van der Waals surface area contributed by atoms with E-state index >= 15 is 0 Å². The molecule has 1 aliphatic heterocycles. The van der Waals surface area contributed by atoms with Gasteiger partial charge in [-0.25, -0.2) is 0 Å². The van der Waals surface area contributed by atoms with Crippen LogP contribution in [0.3, 0.4) is 0 Å². The SMILES string of the molecule is CCCCCCCCC(=O)N1CCN(C(=O)CCCSc2nnc(-c3ccco3)n2-c2ccccc2C)CC1C. The van der Waals surface area contributed by atoms with E-state index in [1.807, 2.05) is 38.6 Å². The standard InChI is InChI=1S/C31H43N5O3S/c1-4-5-6-7-8-9-17-29(38)35-20-19-34(23-25(35)3)28(37)18-13-22-40-31-33-32-30(27-16-12-21-39-27)36(31)26-15-11-10-14-24(26)2/h10-12,14-16,21,25H,4-9,13,17-20,22-23H2,1-3H3. The number of thioether (sulfide) groups is 1. The topological polar surface area (TPSA) is 84.5 Å². The first-order valence-corrected chi connectivity index (χ1v) is 15.7. The van der Waals surface area contributed by atoms with Gasteiger partial charge >= 0.3 is 0 Å². The van der Waals surface area contributed by atoms with Gasteiger partial charge in [0, 0.05) is 44.3 Å². The Morgan fingerprint density at radius 1 is 0.950 bits per heavy atom. The van der Waals surface area contributed by atoms with Crippen LogP contribution in [0.1, 0.15) is 77.2 Å². The van der Waals surface area contributed by atoms with Crippen molar-refractivity contribution in [1.82, 2.24) is 24.6 Å². The molecule has 3 heterocycles. The minimum atomic E-state index is 0.0624. The Morgan fingerprint density at radius 3 is 2.48 bits per heavy atom. The minimum Gasteiger partial charge on any atom is -0.461 e. The maximum absolute atomic E-state index is 13.0. The van der Waals surface area contributed by atoms with Gasteiger partial charge in [-0.15, -0.1) is 10.2 Å². The van der Waals surface area contributed by atoms with Gasteiger partial charge in [0.15, 0.2) is 10.9 Å². The number of hydrogen-bond donors (Lipinski definition) is 0. The Morgan fingerprint density at radius 2 is 1.73 bits per heavy atom. The fourth-order valence-electron chi connectivity index (χ4n) is 5.26. The number of aryl methyl sites for hydroxylation is 1. The zero-order chi connectivity index (χ0) is 28.3. The molecule has 0 radical (unpaired) electrons. The van der Waals surface area contributed by atoms with Crippen LogP contribution in [0, 0.1) is 6.92 Å². The average Bonchev–Trinajstić information content (AvgIpc) is 3.63. The summed E-state index contributed by atoms with van der Waals surface area (Å²) in [5.41, 5.74) is 2.13. The molecule has 2 amide bonds. The number of unbranched alkanes of at least 4 members (excludes halogenated alkanes) is 5. The second kappa shape index (κ2) is 15.1. The van der Waals surface area contributed by atoms with E-state index < -0.39 is 0 Å². The smallest absolute Gasteiger partial charge is 0.222 e. The molecule has 216 valence electrons. The summed E-state index contributed by atoms with van der Waals surface area (Å²) < 4.78 is 7.65. The molecule has 4 rings (SSSR count). The highest BCUT2D eigenvalue weighted by Gasteiger charge is 2.29. The summed E-state index contributed by atoms with van der Waals surface area (Å²) in [7, 11) is 0. The summed E-state index contributed by atoms with van der Waals surface area (Å²) in [6.07, 6.45) is 10.6. The Hall–Kier alpha value is -3.07. The predicted octanol–water partition coefficient (Wildman–Crippen LogP) is 6.52. The Balaban J connectivity index is 1.24. The zero-order valence-corrected chi connectivity index (χ0v) is 25.0. The largest absolute Gasteiger partial charge is 0.461 e. The Bertz CT molecular complexity index is 1230. The van der Waals surface area contributed by atoms with Gasteiger partial charge in [-0.05, 0) is 50.5 Å². The molecule has 0 saturated carbocycles. The minimum absolute atomic E-state index is 0.0624. The maximum Gasteiger partial charge on any atom is 0.222 e. The third-order valence-corrected chi connectivity index (χ3v) is 8.56. The number of amides is 2.